The highest BCUT2D eigenvalue weighted by molar-refractivity contribution is 7.88. The molecule has 0 spiro atoms. The summed E-state index contributed by atoms with van der Waals surface area (Å²) >= 11 is 0. The van der Waals surface area contributed by atoms with Crippen LogP contribution in [0.5, 0.6) is 0 Å². The van der Waals surface area contributed by atoms with E-state index < -0.39 is 40.9 Å². The van der Waals surface area contributed by atoms with Crippen LogP contribution in [0.15, 0.2) is 16.9 Å². The van der Waals surface area contributed by atoms with Crippen molar-refractivity contribution in [3.8, 4) is 0 Å². The molecule has 1 aromatic rings. The third kappa shape index (κ3) is 3.73. The molecule has 2 aliphatic rings. The lowest BCUT2D eigenvalue weighted by Crippen LogP contribution is -2.54. The Labute approximate surface area is 137 Å². The van der Waals surface area contributed by atoms with Gasteiger partial charge in [-0.25, -0.2) is 17.2 Å². The van der Waals surface area contributed by atoms with E-state index in [1.807, 2.05) is 0 Å². The van der Waals surface area contributed by atoms with Gasteiger partial charge in [0.1, 0.15) is 12.0 Å². The topological polar surface area (TPSA) is 95.8 Å². The van der Waals surface area contributed by atoms with Crippen LogP contribution in [0.25, 0.3) is 0 Å². The first-order valence-electron chi connectivity index (χ1n) is 7.54. The summed E-state index contributed by atoms with van der Waals surface area (Å²) in [5, 5.41) is 6.10. The predicted molar refractivity (Wildman–Crippen MR) is 78.6 cm³/mol. The molecule has 1 N–H and O–H groups in total. The number of hydrogen-bond acceptors (Lipinski definition) is 6. The van der Waals surface area contributed by atoms with Crippen LogP contribution in [-0.2, 0) is 20.6 Å². The number of hydrogen-bond donors (Lipinski definition) is 1. The average Bonchev–Trinajstić information content (AvgIpc) is 3.15. The first-order chi connectivity index (χ1) is 11.3. The molecule has 8 nitrogen and oxygen atoms in total. The summed E-state index contributed by atoms with van der Waals surface area (Å²) in [6.45, 7) is 0.126. The molecule has 1 amide bonds. The number of amides is 1. The van der Waals surface area contributed by atoms with E-state index in [1.54, 1.807) is 0 Å². The second kappa shape index (κ2) is 6.37. The van der Waals surface area contributed by atoms with Crippen molar-refractivity contribution < 1.29 is 26.5 Å². The van der Waals surface area contributed by atoms with Crippen molar-refractivity contribution in [3.05, 3.63) is 18.0 Å². The van der Waals surface area contributed by atoms with E-state index in [-0.39, 0.29) is 31.9 Å². The lowest BCUT2D eigenvalue weighted by Gasteiger charge is -2.35. The number of carbonyl (C=O) groups is 1. The highest BCUT2D eigenvalue weighted by Gasteiger charge is 2.44. The molecule has 11 heteroatoms. The standard InChI is InChI=1S/C13H18F2N4O4S/c14-13(15)7-11(16-9-13)12(20)18-2-4-19(5-3-18)24(21,22)8-10-1-6-23-17-10/h1,6,11,16H,2-5,7-9H2. The molecular weight excluding hydrogens is 346 g/mol. The Balaban J connectivity index is 1.55. The van der Waals surface area contributed by atoms with E-state index in [4.69, 9.17) is 0 Å². The fourth-order valence-corrected chi connectivity index (χ4v) is 4.31. The molecule has 0 aliphatic carbocycles. The van der Waals surface area contributed by atoms with Gasteiger partial charge in [0, 0.05) is 38.7 Å². The van der Waals surface area contributed by atoms with Crippen molar-refractivity contribution in [2.24, 2.45) is 0 Å². The van der Waals surface area contributed by atoms with Crippen LogP contribution in [0.2, 0.25) is 0 Å². The van der Waals surface area contributed by atoms with Gasteiger partial charge in [-0.05, 0) is 0 Å². The Hall–Kier alpha value is -1.59. The number of alkyl halides is 2. The molecule has 2 saturated heterocycles. The van der Waals surface area contributed by atoms with Gasteiger partial charge in [0.2, 0.25) is 15.9 Å². The molecule has 2 fully saturated rings. The largest absolute Gasteiger partial charge is 0.364 e. The molecule has 1 unspecified atom stereocenters. The molecule has 1 aromatic heterocycles. The zero-order chi connectivity index (χ0) is 17.4. The van der Waals surface area contributed by atoms with Gasteiger partial charge in [-0.2, -0.15) is 4.31 Å². The Morgan fingerprint density at radius 3 is 2.62 bits per heavy atom. The summed E-state index contributed by atoms with van der Waals surface area (Å²) in [7, 11) is -3.56. The van der Waals surface area contributed by atoms with E-state index in [2.05, 4.69) is 15.0 Å². The zero-order valence-corrected chi connectivity index (χ0v) is 13.6. The maximum absolute atomic E-state index is 13.2. The second-order valence-corrected chi connectivity index (χ2v) is 7.93. The zero-order valence-electron chi connectivity index (χ0n) is 12.8. The summed E-state index contributed by atoms with van der Waals surface area (Å²) in [4.78, 5) is 13.7. The number of aromatic nitrogens is 1. The van der Waals surface area contributed by atoms with Gasteiger partial charge in [0.15, 0.2) is 0 Å². The Morgan fingerprint density at radius 1 is 1.38 bits per heavy atom. The van der Waals surface area contributed by atoms with Gasteiger partial charge in [-0.3, -0.25) is 10.1 Å². The minimum atomic E-state index is -3.56. The smallest absolute Gasteiger partial charge is 0.262 e. The second-order valence-electron chi connectivity index (χ2n) is 5.96. The van der Waals surface area contributed by atoms with Crippen molar-refractivity contribution in [1.29, 1.82) is 0 Å². The van der Waals surface area contributed by atoms with Crippen LogP contribution in [-0.4, -0.2) is 73.4 Å². The van der Waals surface area contributed by atoms with E-state index in [1.165, 1.54) is 21.5 Å². The average molecular weight is 364 g/mol. The van der Waals surface area contributed by atoms with Crippen molar-refractivity contribution >= 4 is 15.9 Å². The number of nitrogens with zero attached hydrogens (tertiary/aromatic N) is 3. The van der Waals surface area contributed by atoms with Gasteiger partial charge < -0.3 is 9.42 Å². The molecule has 0 saturated carbocycles. The van der Waals surface area contributed by atoms with Gasteiger partial charge in [0.25, 0.3) is 5.92 Å². The molecule has 1 atom stereocenters. The summed E-state index contributed by atoms with van der Waals surface area (Å²) in [6.07, 6.45) is 0.780. The van der Waals surface area contributed by atoms with E-state index >= 15 is 0 Å². The predicted octanol–water partition coefficient (Wildman–Crippen LogP) is -0.354. The summed E-state index contributed by atoms with van der Waals surface area (Å²) in [6, 6.07) is 0.571. The van der Waals surface area contributed by atoms with E-state index in [0.29, 0.717) is 5.69 Å². The van der Waals surface area contributed by atoms with Gasteiger partial charge in [0.05, 0.1) is 18.3 Å². The SMILES string of the molecule is O=C(C1CC(F)(F)CN1)N1CCN(S(=O)(=O)Cc2ccon2)CC1. The van der Waals surface area contributed by atoms with Gasteiger partial charge >= 0.3 is 0 Å². The fraction of sp³-hybridized carbons (Fsp3) is 0.692. The molecule has 0 radical (unpaired) electrons. The molecule has 2 aliphatic heterocycles. The van der Waals surface area contributed by atoms with Crippen LogP contribution in [0, 0.1) is 0 Å². The maximum atomic E-state index is 13.2. The van der Waals surface area contributed by atoms with Crippen LogP contribution >= 0.6 is 0 Å². The normalized spacial score (nSPS) is 25.1. The number of nitrogens with one attached hydrogen (secondary N) is 1. The minimum absolute atomic E-state index is 0.134. The Bertz CT molecular complexity index is 687. The van der Waals surface area contributed by atoms with E-state index in [9.17, 15) is 22.0 Å². The van der Waals surface area contributed by atoms with Crippen LogP contribution in [0.1, 0.15) is 12.1 Å². The third-order valence-corrected chi connectivity index (χ3v) is 5.99. The van der Waals surface area contributed by atoms with Gasteiger partial charge in [-0.1, -0.05) is 5.16 Å². The fourth-order valence-electron chi connectivity index (χ4n) is 2.89. The van der Waals surface area contributed by atoms with Crippen LogP contribution in [0.3, 0.4) is 0 Å². The molecule has 0 bridgehead atoms. The number of carbonyl (C=O) groups excluding carboxylic acids is 1. The highest BCUT2D eigenvalue weighted by Crippen LogP contribution is 2.26. The number of sulfonamides is 1. The molecule has 3 rings (SSSR count). The van der Waals surface area contributed by atoms with Crippen molar-refractivity contribution in [2.45, 2.75) is 24.1 Å². The molecular formula is C13H18F2N4O4S. The molecule has 3 heterocycles. The number of halogens is 2. The minimum Gasteiger partial charge on any atom is -0.364 e. The monoisotopic (exact) mass is 364 g/mol. The molecule has 24 heavy (non-hydrogen) atoms. The van der Waals surface area contributed by atoms with Crippen LogP contribution < -0.4 is 5.32 Å². The van der Waals surface area contributed by atoms with Crippen molar-refractivity contribution in [1.82, 2.24) is 19.7 Å². The van der Waals surface area contributed by atoms with E-state index in [0.717, 1.165) is 0 Å². The van der Waals surface area contributed by atoms with Crippen LogP contribution in [0.4, 0.5) is 8.78 Å². The molecule has 134 valence electrons. The van der Waals surface area contributed by atoms with Gasteiger partial charge in [-0.15, -0.1) is 0 Å². The van der Waals surface area contributed by atoms with Crippen molar-refractivity contribution in [2.75, 3.05) is 32.7 Å². The lowest BCUT2D eigenvalue weighted by molar-refractivity contribution is -0.134. The summed E-state index contributed by atoms with van der Waals surface area (Å²) in [5.41, 5.74) is 0.311. The van der Waals surface area contributed by atoms with Crippen molar-refractivity contribution in [3.63, 3.8) is 0 Å². The summed E-state index contributed by atoms with van der Waals surface area (Å²) in [5.74, 6) is -3.54. The summed E-state index contributed by atoms with van der Waals surface area (Å²) < 4.78 is 56.9. The lowest BCUT2D eigenvalue weighted by atomic mass is 10.1. The Morgan fingerprint density at radius 2 is 2.08 bits per heavy atom. The molecule has 0 aromatic carbocycles. The maximum Gasteiger partial charge on any atom is 0.262 e. The first kappa shape index (κ1) is 17.2. The Kier molecular flexibility index (Phi) is 4.58. The quantitative estimate of drug-likeness (QED) is 0.784. The number of rotatable bonds is 4. The highest BCUT2D eigenvalue weighted by atomic mass is 32.2. The number of piperazine rings is 1. The first-order valence-corrected chi connectivity index (χ1v) is 9.15. The third-order valence-electron chi connectivity index (χ3n) is 4.17.